The van der Waals surface area contributed by atoms with Crippen molar-refractivity contribution in [2.24, 2.45) is 0 Å². The number of hydrogen-bond acceptors (Lipinski definition) is 10. The lowest BCUT2D eigenvalue weighted by molar-refractivity contribution is -0.321. The summed E-state index contributed by atoms with van der Waals surface area (Å²) < 4.78 is 10.8. The van der Waals surface area contributed by atoms with Crippen molar-refractivity contribution in [1.29, 1.82) is 0 Å². The molecular formula is C14H26N2O9. The van der Waals surface area contributed by atoms with Crippen LogP contribution in [0.25, 0.3) is 0 Å². The highest BCUT2D eigenvalue weighted by molar-refractivity contribution is 5.73. The second-order valence-electron chi connectivity index (χ2n) is 6.29. The highest BCUT2D eigenvalue weighted by Gasteiger charge is 2.48. The molecule has 2 rings (SSSR count). The first kappa shape index (κ1) is 20.4. The summed E-state index contributed by atoms with van der Waals surface area (Å²) in [7, 11) is 0. The van der Waals surface area contributed by atoms with Crippen LogP contribution in [0, 0.1) is 0 Å². The average Bonchev–Trinajstić information content (AvgIpc) is 2.57. The molecule has 2 saturated heterocycles. The monoisotopic (exact) mass is 366 g/mol. The highest BCUT2D eigenvalue weighted by atomic mass is 16.7. The molecule has 0 aromatic rings. The Hall–Kier alpha value is -0.890. The zero-order valence-corrected chi connectivity index (χ0v) is 13.7. The van der Waals surface area contributed by atoms with Crippen LogP contribution in [0.4, 0.5) is 0 Å². The lowest BCUT2D eigenvalue weighted by atomic mass is 9.93. The van der Waals surface area contributed by atoms with Crippen molar-refractivity contribution >= 4 is 5.91 Å². The Balaban J connectivity index is 2.15. The first-order valence-electron chi connectivity index (χ1n) is 8.05. The zero-order chi connectivity index (χ0) is 18.7. The molecule has 11 nitrogen and oxygen atoms in total. The Morgan fingerprint density at radius 1 is 1.12 bits per heavy atom. The predicted molar refractivity (Wildman–Crippen MR) is 81.1 cm³/mol. The van der Waals surface area contributed by atoms with E-state index in [1.54, 1.807) is 0 Å². The van der Waals surface area contributed by atoms with Gasteiger partial charge in [-0.2, -0.15) is 0 Å². The van der Waals surface area contributed by atoms with E-state index < -0.39 is 61.6 Å². The molecule has 1 amide bonds. The van der Waals surface area contributed by atoms with Gasteiger partial charge in [-0.25, -0.2) is 0 Å². The van der Waals surface area contributed by atoms with Crippen LogP contribution in [0.5, 0.6) is 0 Å². The molecule has 0 aromatic heterocycles. The maximum atomic E-state index is 11.4. The van der Waals surface area contributed by atoms with Gasteiger partial charge in [0.25, 0.3) is 0 Å². The minimum absolute atomic E-state index is 0.184. The third-order valence-electron chi connectivity index (χ3n) is 4.47. The molecule has 11 heteroatoms. The number of aliphatic hydroxyl groups is 6. The van der Waals surface area contributed by atoms with E-state index in [-0.39, 0.29) is 19.1 Å². The van der Waals surface area contributed by atoms with Crippen molar-refractivity contribution in [3.8, 4) is 0 Å². The minimum atomic E-state index is -1.63. The van der Waals surface area contributed by atoms with Crippen molar-refractivity contribution in [3.05, 3.63) is 0 Å². The number of carbonyl (C=O) groups is 1. The van der Waals surface area contributed by atoms with Crippen LogP contribution >= 0.6 is 0 Å². The average molecular weight is 366 g/mol. The van der Waals surface area contributed by atoms with Crippen LogP contribution < -0.4 is 10.6 Å². The molecule has 0 aliphatic carbocycles. The smallest absolute Gasteiger partial charge is 0.217 e. The second-order valence-corrected chi connectivity index (χ2v) is 6.29. The van der Waals surface area contributed by atoms with Gasteiger partial charge in [-0.3, -0.25) is 4.79 Å². The summed E-state index contributed by atoms with van der Waals surface area (Å²) in [6, 6.07) is -1.41. The maximum absolute atomic E-state index is 11.4. The molecule has 0 spiro atoms. The third kappa shape index (κ3) is 4.45. The van der Waals surface area contributed by atoms with Crippen molar-refractivity contribution in [1.82, 2.24) is 10.6 Å². The van der Waals surface area contributed by atoms with Gasteiger partial charge < -0.3 is 50.7 Å². The van der Waals surface area contributed by atoms with Crippen LogP contribution in [-0.4, -0.2) is 111 Å². The van der Waals surface area contributed by atoms with Gasteiger partial charge >= 0.3 is 0 Å². The van der Waals surface area contributed by atoms with Crippen molar-refractivity contribution < 1.29 is 44.9 Å². The lowest BCUT2D eigenvalue weighted by Crippen LogP contribution is -2.68. The van der Waals surface area contributed by atoms with Gasteiger partial charge in [-0.1, -0.05) is 0 Å². The fraction of sp³-hybridized carbons (Fsp3) is 0.929. The van der Waals surface area contributed by atoms with Crippen molar-refractivity contribution in [2.45, 2.75) is 61.9 Å². The third-order valence-corrected chi connectivity index (χ3v) is 4.47. The van der Waals surface area contributed by atoms with Crippen LogP contribution in [-0.2, 0) is 14.3 Å². The summed E-state index contributed by atoms with van der Waals surface area (Å²) in [6.45, 7) is 0.468. The minimum Gasteiger partial charge on any atom is -0.395 e. The van der Waals surface area contributed by atoms with Crippen LogP contribution in [0.15, 0.2) is 0 Å². The first-order valence-corrected chi connectivity index (χ1v) is 8.05. The SMILES string of the molecule is CC(=O)N[C@H]1CN[C@H](CO)[C@@H](O)[C@@H]1O[C@@H]1O[C@H](CO)[C@H](O)[C@H](O)[C@H]1O. The van der Waals surface area contributed by atoms with Crippen LogP contribution in [0.1, 0.15) is 6.92 Å². The Morgan fingerprint density at radius 2 is 1.80 bits per heavy atom. The van der Waals surface area contributed by atoms with Gasteiger partial charge in [-0.15, -0.1) is 0 Å². The molecule has 9 atom stereocenters. The molecule has 8 N–H and O–H groups in total. The van der Waals surface area contributed by atoms with E-state index in [0.29, 0.717) is 0 Å². The molecule has 0 aromatic carbocycles. The van der Waals surface area contributed by atoms with Gasteiger partial charge in [0.15, 0.2) is 6.29 Å². The topological polar surface area (TPSA) is 181 Å². The molecule has 2 aliphatic heterocycles. The number of carbonyl (C=O) groups excluding carboxylic acids is 1. The molecule has 0 unspecified atom stereocenters. The molecule has 146 valence electrons. The Labute approximate surface area is 144 Å². The second kappa shape index (κ2) is 8.66. The number of ether oxygens (including phenoxy) is 2. The quantitative estimate of drug-likeness (QED) is 0.235. The summed E-state index contributed by atoms with van der Waals surface area (Å²) in [5.41, 5.74) is 0. The maximum Gasteiger partial charge on any atom is 0.217 e. The number of piperidine rings is 1. The van der Waals surface area contributed by atoms with Gasteiger partial charge in [0.05, 0.1) is 31.4 Å². The van der Waals surface area contributed by atoms with E-state index >= 15 is 0 Å². The Bertz CT molecular complexity index is 452. The highest BCUT2D eigenvalue weighted by Crippen LogP contribution is 2.25. The lowest BCUT2D eigenvalue weighted by Gasteiger charge is -2.45. The number of amides is 1. The van der Waals surface area contributed by atoms with Crippen molar-refractivity contribution in [2.75, 3.05) is 19.8 Å². The number of hydrogen-bond donors (Lipinski definition) is 8. The van der Waals surface area contributed by atoms with Crippen LogP contribution in [0.2, 0.25) is 0 Å². The Kier molecular flexibility index (Phi) is 7.08. The summed E-state index contributed by atoms with van der Waals surface area (Å²) >= 11 is 0. The number of rotatable bonds is 5. The molecule has 2 heterocycles. The number of aliphatic hydroxyl groups excluding tert-OH is 6. The summed E-state index contributed by atoms with van der Waals surface area (Å²) in [5.74, 6) is -0.371. The molecule has 0 bridgehead atoms. The fourth-order valence-electron chi connectivity index (χ4n) is 3.06. The Morgan fingerprint density at radius 3 is 2.36 bits per heavy atom. The van der Waals surface area contributed by atoms with Crippen molar-refractivity contribution in [3.63, 3.8) is 0 Å². The first-order chi connectivity index (χ1) is 11.8. The molecule has 2 aliphatic rings. The van der Waals surface area contributed by atoms with Gasteiger partial charge in [0, 0.05) is 13.5 Å². The van der Waals surface area contributed by atoms with E-state index in [1.165, 1.54) is 6.92 Å². The van der Waals surface area contributed by atoms with E-state index in [1.807, 2.05) is 0 Å². The largest absolute Gasteiger partial charge is 0.395 e. The zero-order valence-electron chi connectivity index (χ0n) is 13.7. The molecule has 2 fully saturated rings. The molecule has 0 radical (unpaired) electrons. The van der Waals surface area contributed by atoms with E-state index in [2.05, 4.69) is 10.6 Å². The van der Waals surface area contributed by atoms with Gasteiger partial charge in [-0.05, 0) is 0 Å². The summed E-state index contributed by atoms with van der Waals surface area (Å²) in [6.07, 6.45) is -9.71. The normalized spacial score (nSPS) is 45.2. The standard InChI is InChI=1S/C14H26N2O9/c1-5(19)16-6-2-15-7(3-17)9(20)13(6)25-14-12(23)11(22)10(21)8(4-18)24-14/h6-15,17-18,20-23H,2-4H2,1H3,(H,16,19)/t6-,7+,8+,9+,10-,11-,12+,13+,14-/m0/s1. The molecule has 25 heavy (non-hydrogen) atoms. The summed E-state index contributed by atoms with van der Waals surface area (Å²) in [5, 5.41) is 64.0. The fourth-order valence-corrected chi connectivity index (χ4v) is 3.06. The predicted octanol–water partition coefficient (Wildman–Crippen LogP) is -5.00. The summed E-state index contributed by atoms with van der Waals surface area (Å²) in [4.78, 5) is 11.4. The van der Waals surface area contributed by atoms with Gasteiger partial charge in [0.1, 0.15) is 30.5 Å². The van der Waals surface area contributed by atoms with Gasteiger partial charge in [0.2, 0.25) is 5.91 Å². The van der Waals surface area contributed by atoms with E-state index in [9.17, 15) is 35.4 Å². The van der Waals surface area contributed by atoms with E-state index in [0.717, 1.165) is 0 Å². The molecule has 0 saturated carbocycles. The van der Waals surface area contributed by atoms with Crippen LogP contribution in [0.3, 0.4) is 0 Å². The van der Waals surface area contributed by atoms with E-state index in [4.69, 9.17) is 9.47 Å². The molecular weight excluding hydrogens is 340 g/mol. The number of nitrogens with one attached hydrogen (secondary N) is 2.